The first-order valence-corrected chi connectivity index (χ1v) is 6.56. The van der Waals surface area contributed by atoms with Crippen LogP contribution in [0.25, 0.3) is 0 Å². The molecule has 0 aromatic carbocycles. The van der Waals surface area contributed by atoms with Gasteiger partial charge in [0.25, 0.3) is 0 Å². The lowest BCUT2D eigenvalue weighted by Crippen LogP contribution is -2.33. The van der Waals surface area contributed by atoms with Crippen molar-refractivity contribution in [1.82, 2.24) is 5.32 Å². The fourth-order valence-corrected chi connectivity index (χ4v) is 2.82. The van der Waals surface area contributed by atoms with Gasteiger partial charge < -0.3 is 11.1 Å². The van der Waals surface area contributed by atoms with Crippen molar-refractivity contribution in [3.8, 4) is 0 Å². The van der Waals surface area contributed by atoms with Crippen LogP contribution in [0.15, 0.2) is 0 Å². The molecule has 0 aromatic rings. The van der Waals surface area contributed by atoms with Crippen LogP contribution in [-0.4, -0.2) is 18.6 Å². The van der Waals surface area contributed by atoms with Gasteiger partial charge in [-0.15, -0.1) is 0 Å². The Morgan fingerprint density at radius 2 is 2.07 bits per heavy atom. The smallest absolute Gasteiger partial charge is 0.00792 e. The van der Waals surface area contributed by atoms with Gasteiger partial charge in [0.05, 0.1) is 0 Å². The average molecular weight is 210 g/mol. The first-order valence-electron chi connectivity index (χ1n) is 6.56. The molecule has 2 saturated carbocycles. The van der Waals surface area contributed by atoms with Crippen molar-refractivity contribution in [3.63, 3.8) is 0 Å². The summed E-state index contributed by atoms with van der Waals surface area (Å²) in [7, 11) is 0. The molecule has 88 valence electrons. The van der Waals surface area contributed by atoms with E-state index in [0.717, 1.165) is 18.5 Å². The number of hydrogen-bond donors (Lipinski definition) is 2. The Hall–Kier alpha value is -0.0800. The summed E-state index contributed by atoms with van der Waals surface area (Å²) in [5.41, 5.74) is 6.64. The van der Waals surface area contributed by atoms with Crippen LogP contribution in [0.5, 0.6) is 0 Å². The molecule has 3 N–H and O–H groups in total. The van der Waals surface area contributed by atoms with Gasteiger partial charge in [0.2, 0.25) is 0 Å². The normalized spacial score (nSPS) is 31.8. The molecule has 0 bridgehead atoms. The van der Waals surface area contributed by atoms with Crippen molar-refractivity contribution in [3.05, 3.63) is 0 Å². The molecule has 0 aromatic heterocycles. The summed E-state index contributed by atoms with van der Waals surface area (Å²) in [6.45, 7) is 5.88. The summed E-state index contributed by atoms with van der Waals surface area (Å²) < 4.78 is 0. The van der Waals surface area contributed by atoms with E-state index in [-0.39, 0.29) is 0 Å². The van der Waals surface area contributed by atoms with Crippen molar-refractivity contribution in [2.75, 3.05) is 6.54 Å². The van der Waals surface area contributed by atoms with E-state index in [1.807, 2.05) is 0 Å². The number of rotatable bonds is 5. The Bertz CT molecular complexity index is 209. The SMILES string of the molecule is CC1(C)CCC(NCCC(N)C2CC2)C1. The highest BCUT2D eigenvalue weighted by atomic mass is 14.9. The number of nitrogens with two attached hydrogens (primary N) is 1. The van der Waals surface area contributed by atoms with Crippen molar-refractivity contribution in [2.45, 2.75) is 64.5 Å². The van der Waals surface area contributed by atoms with Crippen LogP contribution < -0.4 is 11.1 Å². The molecule has 2 heteroatoms. The Morgan fingerprint density at radius 1 is 1.33 bits per heavy atom. The van der Waals surface area contributed by atoms with Gasteiger partial charge in [0.1, 0.15) is 0 Å². The standard InChI is InChI=1S/C13H26N2/c1-13(2)7-5-11(9-13)15-8-6-12(14)10-3-4-10/h10-12,15H,3-9,14H2,1-2H3. The van der Waals surface area contributed by atoms with Crippen molar-refractivity contribution in [1.29, 1.82) is 0 Å². The Kier molecular flexibility index (Phi) is 3.36. The molecule has 2 unspecified atom stereocenters. The van der Waals surface area contributed by atoms with E-state index in [4.69, 9.17) is 5.73 Å². The van der Waals surface area contributed by atoms with Gasteiger partial charge in [0, 0.05) is 12.1 Å². The fourth-order valence-electron chi connectivity index (χ4n) is 2.82. The van der Waals surface area contributed by atoms with Gasteiger partial charge in [0.15, 0.2) is 0 Å². The van der Waals surface area contributed by atoms with Crippen LogP contribution >= 0.6 is 0 Å². The first kappa shape index (κ1) is 11.4. The van der Waals surface area contributed by atoms with Gasteiger partial charge in [-0.05, 0) is 56.4 Å². The lowest BCUT2D eigenvalue weighted by molar-refractivity contribution is 0.362. The molecular formula is C13H26N2. The van der Waals surface area contributed by atoms with E-state index < -0.39 is 0 Å². The second kappa shape index (κ2) is 4.42. The van der Waals surface area contributed by atoms with Gasteiger partial charge in [-0.2, -0.15) is 0 Å². The molecule has 15 heavy (non-hydrogen) atoms. The molecule has 2 rings (SSSR count). The summed E-state index contributed by atoms with van der Waals surface area (Å²) in [4.78, 5) is 0. The van der Waals surface area contributed by atoms with Crippen LogP contribution in [-0.2, 0) is 0 Å². The second-order valence-electron chi connectivity index (χ2n) is 6.35. The Morgan fingerprint density at radius 3 is 2.60 bits per heavy atom. The van der Waals surface area contributed by atoms with E-state index in [0.29, 0.717) is 11.5 Å². The maximum atomic E-state index is 6.08. The zero-order valence-electron chi connectivity index (χ0n) is 10.3. The molecule has 2 atom stereocenters. The molecule has 2 fully saturated rings. The van der Waals surface area contributed by atoms with E-state index >= 15 is 0 Å². The highest BCUT2D eigenvalue weighted by Gasteiger charge is 2.31. The van der Waals surface area contributed by atoms with Crippen molar-refractivity contribution >= 4 is 0 Å². The van der Waals surface area contributed by atoms with Crippen LogP contribution in [0.2, 0.25) is 0 Å². The molecule has 0 radical (unpaired) electrons. The zero-order chi connectivity index (χ0) is 10.9. The lowest BCUT2D eigenvalue weighted by Gasteiger charge is -2.18. The molecule has 2 nitrogen and oxygen atoms in total. The van der Waals surface area contributed by atoms with Crippen LogP contribution in [0.4, 0.5) is 0 Å². The molecule has 0 heterocycles. The topological polar surface area (TPSA) is 38.0 Å². The maximum absolute atomic E-state index is 6.08. The minimum absolute atomic E-state index is 0.465. The first-order chi connectivity index (χ1) is 7.07. The summed E-state index contributed by atoms with van der Waals surface area (Å²) >= 11 is 0. The highest BCUT2D eigenvalue weighted by molar-refractivity contribution is 4.88. The van der Waals surface area contributed by atoms with Crippen LogP contribution in [0.3, 0.4) is 0 Å². The zero-order valence-corrected chi connectivity index (χ0v) is 10.3. The monoisotopic (exact) mass is 210 g/mol. The molecular weight excluding hydrogens is 184 g/mol. The third kappa shape index (κ3) is 3.46. The van der Waals surface area contributed by atoms with E-state index in [2.05, 4.69) is 19.2 Å². The summed E-state index contributed by atoms with van der Waals surface area (Å²) in [5.74, 6) is 0.854. The molecule has 0 spiro atoms. The quantitative estimate of drug-likeness (QED) is 0.730. The van der Waals surface area contributed by atoms with E-state index in [9.17, 15) is 0 Å². The summed E-state index contributed by atoms with van der Waals surface area (Å²) in [5, 5.41) is 3.67. The molecule has 0 aliphatic heterocycles. The largest absolute Gasteiger partial charge is 0.327 e. The molecule has 0 saturated heterocycles. The minimum Gasteiger partial charge on any atom is -0.327 e. The third-order valence-corrected chi connectivity index (χ3v) is 4.11. The Labute approximate surface area is 94.0 Å². The predicted molar refractivity (Wildman–Crippen MR) is 64.7 cm³/mol. The third-order valence-electron chi connectivity index (χ3n) is 4.11. The predicted octanol–water partition coefficient (Wildman–Crippen LogP) is 2.28. The van der Waals surface area contributed by atoms with Crippen molar-refractivity contribution in [2.24, 2.45) is 17.1 Å². The van der Waals surface area contributed by atoms with Crippen molar-refractivity contribution < 1.29 is 0 Å². The summed E-state index contributed by atoms with van der Waals surface area (Å²) in [6, 6.07) is 1.22. The average Bonchev–Trinajstić information content (AvgIpc) is 2.92. The minimum atomic E-state index is 0.465. The summed E-state index contributed by atoms with van der Waals surface area (Å²) in [6.07, 6.45) is 7.98. The molecule has 2 aliphatic rings. The van der Waals surface area contributed by atoms with E-state index in [1.165, 1.54) is 38.5 Å². The van der Waals surface area contributed by atoms with E-state index in [1.54, 1.807) is 0 Å². The van der Waals surface area contributed by atoms with Gasteiger partial charge in [-0.1, -0.05) is 13.8 Å². The van der Waals surface area contributed by atoms with Crippen LogP contribution in [0, 0.1) is 11.3 Å². The lowest BCUT2D eigenvalue weighted by atomic mass is 9.92. The number of nitrogens with one attached hydrogen (secondary N) is 1. The van der Waals surface area contributed by atoms with Crippen LogP contribution in [0.1, 0.15) is 52.4 Å². The second-order valence-corrected chi connectivity index (χ2v) is 6.35. The fraction of sp³-hybridized carbons (Fsp3) is 1.00. The van der Waals surface area contributed by atoms with Gasteiger partial charge in [-0.25, -0.2) is 0 Å². The van der Waals surface area contributed by atoms with Gasteiger partial charge >= 0.3 is 0 Å². The number of hydrogen-bond acceptors (Lipinski definition) is 2. The van der Waals surface area contributed by atoms with Gasteiger partial charge in [-0.3, -0.25) is 0 Å². The molecule has 2 aliphatic carbocycles. The highest BCUT2D eigenvalue weighted by Crippen LogP contribution is 2.37. The maximum Gasteiger partial charge on any atom is 0.00792 e. The molecule has 0 amide bonds. The Balaban J connectivity index is 1.58.